The average Bonchev–Trinajstić information content (AvgIpc) is 1.38. The Morgan fingerprint density at radius 1 is 2.00 bits per heavy atom. The molecule has 0 rings (SSSR count). The van der Waals surface area contributed by atoms with Crippen molar-refractivity contribution in [2.24, 2.45) is 0 Å². The molecular formula is C3H9OSi. The van der Waals surface area contributed by atoms with Crippen molar-refractivity contribution in [1.82, 2.24) is 0 Å². The van der Waals surface area contributed by atoms with Crippen molar-refractivity contribution in [3.8, 4) is 0 Å². The van der Waals surface area contributed by atoms with Crippen molar-refractivity contribution in [2.45, 2.75) is 12.1 Å². The molecule has 1 nitrogen and oxygen atoms in total. The summed E-state index contributed by atoms with van der Waals surface area (Å²) in [6.07, 6.45) is 0.673. The minimum Gasteiger partial charge on any atom is -0.398 e. The summed E-state index contributed by atoms with van der Waals surface area (Å²) in [5.74, 6) is 0. The van der Waals surface area contributed by atoms with Crippen LogP contribution in [0.5, 0.6) is 0 Å². The lowest BCUT2D eigenvalue weighted by Gasteiger charge is -1.90. The standard InChI is InChI=1S/C3H9OSi/c1-2-3(4)5/h3-4H,1-2H2,5H3. The third kappa shape index (κ3) is 4.18. The first-order chi connectivity index (χ1) is 2.27. The molecule has 0 spiro atoms. The highest BCUT2D eigenvalue weighted by Gasteiger charge is 1.82. The van der Waals surface area contributed by atoms with Gasteiger partial charge in [-0.1, -0.05) is 6.92 Å². The van der Waals surface area contributed by atoms with Gasteiger partial charge < -0.3 is 5.11 Å². The number of aliphatic hydroxyl groups is 1. The highest BCUT2D eigenvalue weighted by molar-refractivity contribution is 6.10. The molecule has 0 aliphatic heterocycles. The van der Waals surface area contributed by atoms with Gasteiger partial charge in [-0.3, -0.25) is 0 Å². The van der Waals surface area contributed by atoms with Crippen LogP contribution in [0.1, 0.15) is 6.42 Å². The Morgan fingerprint density at radius 3 is 2.20 bits per heavy atom. The molecule has 0 fully saturated rings. The molecule has 1 unspecified atom stereocenters. The van der Waals surface area contributed by atoms with E-state index in [0.29, 0.717) is 6.42 Å². The summed E-state index contributed by atoms with van der Waals surface area (Å²) in [5.41, 5.74) is -0.0880. The van der Waals surface area contributed by atoms with Crippen LogP contribution in [0.4, 0.5) is 0 Å². The maximum absolute atomic E-state index is 8.36. The first-order valence-electron chi connectivity index (χ1n) is 1.74. The second-order valence-corrected chi connectivity index (χ2v) is 2.47. The van der Waals surface area contributed by atoms with Gasteiger partial charge in [0, 0.05) is 16.0 Å². The van der Waals surface area contributed by atoms with E-state index in [-0.39, 0.29) is 5.73 Å². The highest BCUT2D eigenvalue weighted by atomic mass is 28.1. The SMILES string of the molecule is [CH2]CC(O)[SiH3]. The smallest absolute Gasteiger partial charge is 0.0389 e. The maximum Gasteiger partial charge on any atom is 0.0389 e. The Labute approximate surface area is 35.4 Å². The Hall–Kier alpha value is 0.177. The van der Waals surface area contributed by atoms with E-state index in [4.69, 9.17) is 5.11 Å². The maximum atomic E-state index is 8.36. The quantitative estimate of drug-likeness (QED) is 0.404. The van der Waals surface area contributed by atoms with Crippen LogP contribution in [0, 0.1) is 6.92 Å². The van der Waals surface area contributed by atoms with Crippen LogP contribution in [0.15, 0.2) is 0 Å². The van der Waals surface area contributed by atoms with Crippen LogP contribution in [0.3, 0.4) is 0 Å². The summed E-state index contributed by atoms with van der Waals surface area (Å²) in [6, 6.07) is 0. The van der Waals surface area contributed by atoms with Crippen LogP contribution in [-0.2, 0) is 0 Å². The molecule has 0 aromatic carbocycles. The molecule has 0 aromatic rings. The zero-order chi connectivity index (χ0) is 4.28. The van der Waals surface area contributed by atoms with Crippen molar-refractivity contribution >= 4 is 10.2 Å². The van der Waals surface area contributed by atoms with Gasteiger partial charge in [-0.2, -0.15) is 0 Å². The lowest BCUT2D eigenvalue weighted by molar-refractivity contribution is 0.259. The number of rotatable bonds is 1. The third-order valence-corrected chi connectivity index (χ3v) is 0.995. The summed E-state index contributed by atoms with van der Waals surface area (Å²) >= 11 is 0. The topological polar surface area (TPSA) is 20.2 Å². The Bertz CT molecular complexity index is 20.9. The van der Waals surface area contributed by atoms with E-state index in [1.54, 1.807) is 0 Å². The molecule has 0 aromatic heterocycles. The number of hydrogen-bond acceptors (Lipinski definition) is 1. The zero-order valence-corrected chi connectivity index (χ0v) is 5.44. The summed E-state index contributed by atoms with van der Waals surface area (Å²) < 4.78 is 0. The molecule has 1 radical (unpaired) electrons. The van der Waals surface area contributed by atoms with Crippen LogP contribution >= 0.6 is 0 Å². The molecule has 0 heterocycles. The van der Waals surface area contributed by atoms with E-state index < -0.39 is 0 Å². The van der Waals surface area contributed by atoms with Crippen LogP contribution < -0.4 is 0 Å². The van der Waals surface area contributed by atoms with Crippen molar-refractivity contribution in [2.75, 3.05) is 0 Å². The predicted molar refractivity (Wildman–Crippen MR) is 25.9 cm³/mol. The Balaban J connectivity index is 2.54. The van der Waals surface area contributed by atoms with Crippen molar-refractivity contribution in [3.63, 3.8) is 0 Å². The van der Waals surface area contributed by atoms with Gasteiger partial charge in [-0.05, 0) is 6.42 Å². The van der Waals surface area contributed by atoms with E-state index >= 15 is 0 Å². The van der Waals surface area contributed by atoms with Crippen LogP contribution in [-0.4, -0.2) is 21.1 Å². The minimum atomic E-state index is -0.0880. The summed E-state index contributed by atoms with van der Waals surface area (Å²) in [6.45, 7) is 3.47. The van der Waals surface area contributed by atoms with E-state index in [9.17, 15) is 0 Å². The average molecular weight is 89.2 g/mol. The summed E-state index contributed by atoms with van der Waals surface area (Å²) in [5, 5.41) is 8.36. The fraction of sp³-hybridized carbons (Fsp3) is 0.667. The third-order valence-electron chi connectivity index (χ3n) is 0.418. The van der Waals surface area contributed by atoms with Crippen LogP contribution in [0.25, 0.3) is 0 Å². The molecule has 0 aliphatic rings. The van der Waals surface area contributed by atoms with Gasteiger partial charge in [0.1, 0.15) is 0 Å². The van der Waals surface area contributed by atoms with Gasteiger partial charge in [0.25, 0.3) is 0 Å². The van der Waals surface area contributed by atoms with E-state index in [1.807, 2.05) is 0 Å². The van der Waals surface area contributed by atoms with E-state index in [0.717, 1.165) is 10.2 Å². The lowest BCUT2D eigenvalue weighted by Crippen LogP contribution is -2.00. The second-order valence-electron chi connectivity index (χ2n) is 1.14. The number of aliphatic hydroxyl groups excluding tert-OH is 1. The van der Waals surface area contributed by atoms with E-state index in [2.05, 4.69) is 6.92 Å². The minimum absolute atomic E-state index is 0.0880. The molecule has 2 heteroatoms. The van der Waals surface area contributed by atoms with Crippen LogP contribution in [0.2, 0.25) is 0 Å². The Kier molecular flexibility index (Phi) is 2.50. The second kappa shape index (κ2) is 2.42. The molecular weight excluding hydrogens is 80.1 g/mol. The molecule has 1 atom stereocenters. The van der Waals surface area contributed by atoms with Gasteiger partial charge in [-0.15, -0.1) is 0 Å². The number of hydrogen-bond donors (Lipinski definition) is 1. The molecule has 1 N–H and O–H groups in total. The monoisotopic (exact) mass is 89.0 g/mol. The predicted octanol–water partition coefficient (Wildman–Crippen LogP) is -1.11. The summed E-state index contributed by atoms with van der Waals surface area (Å²) in [7, 11) is 0.863. The van der Waals surface area contributed by atoms with Gasteiger partial charge >= 0.3 is 0 Å². The molecule has 5 heavy (non-hydrogen) atoms. The van der Waals surface area contributed by atoms with Gasteiger partial charge in [0.15, 0.2) is 0 Å². The molecule has 31 valence electrons. The molecule has 0 bridgehead atoms. The normalized spacial score (nSPS) is 15.6. The van der Waals surface area contributed by atoms with Gasteiger partial charge in [0.2, 0.25) is 0 Å². The first kappa shape index (κ1) is 5.18. The summed E-state index contributed by atoms with van der Waals surface area (Å²) in [4.78, 5) is 0. The van der Waals surface area contributed by atoms with Crippen molar-refractivity contribution < 1.29 is 5.11 Å². The van der Waals surface area contributed by atoms with E-state index in [1.165, 1.54) is 0 Å². The first-order valence-corrected chi connectivity index (χ1v) is 2.90. The van der Waals surface area contributed by atoms with Crippen molar-refractivity contribution in [1.29, 1.82) is 0 Å². The largest absolute Gasteiger partial charge is 0.398 e. The lowest BCUT2D eigenvalue weighted by atomic mass is 10.5. The van der Waals surface area contributed by atoms with Gasteiger partial charge in [0.05, 0.1) is 0 Å². The van der Waals surface area contributed by atoms with Crippen molar-refractivity contribution in [3.05, 3.63) is 6.92 Å². The highest BCUT2D eigenvalue weighted by Crippen LogP contribution is 1.75. The molecule has 0 aliphatic carbocycles. The van der Waals surface area contributed by atoms with Gasteiger partial charge in [-0.25, -0.2) is 0 Å². The fourth-order valence-corrected chi connectivity index (χ4v) is 0. The fourth-order valence-electron chi connectivity index (χ4n) is 0. The molecule has 0 saturated carbocycles. The molecule has 0 amide bonds. The molecule has 0 saturated heterocycles. The Morgan fingerprint density at radius 2 is 2.20 bits per heavy atom. The zero-order valence-electron chi connectivity index (χ0n) is 3.44.